The van der Waals surface area contributed by atoms with E-state index in [2.05, 4.69) is 15.9 Å². The molecule has 118 valence electrons. The number of benzene rings is 1. The van der Waals surface area contributed by atoms with Gasteiger partial charge in [-0.3, -0.25) is 0 Å². The summed E-state index contributed by atoms with van der Waals surface area (Å²) in [6.07, 6.45) is 1.35. The molecule has 1 atom stereocenters. The van der Waals surface area contributed by atoms with Crippen LogP contribution in [-0.2, 0) is 13.8 Å². The van der Waals surface area contributed by atoms with Crippen molar-refractivity contribution in [2.45, 2.75) is 37.7 Å². The largest absolute Gasteiger partial charge is 0.494 e. The summed E-state index contributed by atoms with van der Waals surface area (Å²) in [6.45, 7) is 3.76. The Labute approximate surface area is 137 Å². The molecule has 0 N–H and O–H groups in total. The van der Waals surface area contributed by atoms with Gasteiger partial charge < -0.3 is 9.47 Å². The molecular weight excluding hydrogens is 384 g/mol. The highest BCUT2D eigenvalue weighted by Crippen LogP contribution is 2.35. The van der Waals surface area contributed by atoms with E-state index >= 15 is 0 Å². The van der Waals surface area contributed by atoms with Gasteiger partial charge in [-0.25, -0.2) is 13.2 Å². The second kappa shape index (κ2) is 7.47. The molecule has 1 rings (SSSR count). The number of esters is 1. The Balaban J connectivity index is 3.22. The van der Waals surface area contributed by atoms with E-state index in [4.69, 9.17) is 20.2 Å². The highest BCUT2D eigenvalue weighted by atomic mass is 79.9. The van der Waals surface area contributed by atoms with E-state index in [1.807, 2.05) is 6.92 Å². The van der Waals surface area contributed by atoms with Crippen LogP contribution in [0.3, 0.4) is 0 Å². The van der Waals surface area contributed by atoms with Crippen molar-refractivity contribution in [3.05, 3.63) is 22.2 Å². The fourth-order valence-electron chi connectivity index (χ4n) is 1.78. The number of rotatable bonds is 6. The molecule has 0 saturated carbocycles. The third kappa shape index (κ3) is 4.86. The zero-order valence-electron chi connectivity index (χ0n) is 11.9. The van der Waals surface area contributed by atoms with Gasteiger partial charge in [-0.05, 0) is 41.4 Å². The van der Waals surface area contributed by atoms with E-state index in [1.54, 1.807) is 6.92 Å². The van der Waals surface area contributed by atoms with Crippen LogP contribution in [0.4, 0.5) is 0 Å². The molecule has 0 aromatic heterocycles. The Kier molecular flexibility index (Phi) is 6.49. The minimum absolute atomic E-state index is 0.0446. The number of halogens is 2. The van der Waals surface area contributed by atoms with E-state index in [9.17, 15) is 13.2 Å². The molecule has 21 heavy (non-hydrogen) atoms. The average molecular weight is 400 g/mol. The quantitative estimate of drug-likeness (QED) is 0.538. The van der Waals surface area contributed by atoms with Crippen LogP contribution in [0.15, 0.2) is 21.5 Å². The first-order chi connectivity index (χ1) is 9.70. The van der Waals surface area contributed by atoms with Crippen molar-refractivity contribution in [3.63, 3.8) is 0 Å². The normalized spacial score (nSPS) is 12.8. The maximum absolute atomic E-state index is 12.0. The fourth-order valence-corrected chi connectivity index (χ4v) is 3.56. The zero-order chi connectivity index (χ0) is 16.2. The van der Waals surface area contributed by atoms with Gasteiger partial charge in [0.15, 0.2) is 5.75 Å². The van der Waals surface area contributed by atoms with Crippen molar-refractivity contribution >= 4 is 41.6 Å². The first-order valence-electron chi connectivity index (χ1n) is 6.23. The molecule has 5 nitrogen and oxygen atoms in total. The molecule has 0 saturated heterocycles. The minimum Gasteiger partial charge on any atom is -0.494 e. The molecule has 1 aromatic carbocycles. The van der Waals surface area contributed by atoms with Crippen LogP contribution in [0.1, 0.15) is 37.0 Å². The molecule has 0 aliphatic heterocycles. The lowest BCUT2D eigenvalue weighted by Gasteiger charge is -2.14. The summed E-state index contributed by atoms with van der Waals surface area (Å²) in [6, 6.07) is 2.58. The lowest BCUT2D eigenvalue weighted by Crippen LogP contribution is -2.15. The van der Waals surface area contributed by atoms with Gasteiger partial charge in [0.25, 0.3) is 9.05 Å². The van der Waals surface area contributed by atoms with Crippen molar-refractivity contribution < 1.29 is 22.7 Å². The number of methoxy groups -OCH3 is 1. The van der Waals surface area contributed by atoms with E-state index < -0.39 is 15.0 Å². The van der Waals surface area contributed by atoms with Crippen molar-refractivity contribution in [1.29, 1.82) is 0 Å². The molecular formula is C13H16BrClO5S. The number of hydrogen-bond acceptors (Lipinski definition) is 5. The molecule has 0 spiro atoms. The van der Waals surface area contributed by atoms with Gasteiger partial charge in [0.05, 0.1) is 23.2 Å². The second-order valence-electron chi connectivity index (χ2n) is 4.43. The third-order valence-corrected chi connectivity index (χ3v) is 4.63. The first kappa shape index (κ1) is 18.3. The number of carbonyl (C=O) groups excluding carboxylic acids is 1. The second-order valence-corrected chi connectivity index (χ2v) is 7.82. The van der Waals surface area contributed by atoms with Crippen molar-refractivity contribution in [2.75, 3.05) is 7.11 Å². The van der Waals surface area contributed by atoms with E-state index in [0.29, 0.717) is 4.47 Å². The van der Waals surface area contributed by atoms with Crippen molar-refractivity contribution in [1.82, 2.24) is 0 Å². The van der Waals surface area contributed by atoms with Crippen LogP contribution in [0.5, 0.6) is 5.75 Å². The van der Waals surface area contributed by atoms with Crippen LogP contribution in [0, 0.1) is 0 Å². The van der Waals surface area contributed by atoms with Crippen LogP contribution in [0.2, 0.25) is 0 Å². The Bertz CT molecular complexity index is 630. The Morgan fingerprint density at radius 1 is 1.43 bits per heavy atom. The summed E-state index contributed by atoms with van der Waals surface area (Å²) >= 11 is 3.16. The van der Waals surface area contributed by atoms with Crippen LogP contribution < -0.4 is 4.74 Å². The van der Waals surface area contributed by atoms with Crippen LogP contribution in [0.25, 0.3) is 0 Å². The van der Waals surface area contributed by atoms with Gasteiger partial charge in [-0.15, -0.1) is 0 Å². The van der Waals surface area contributed by atoms with E-state index in [0.717, 1.165) is 18.9 Å². The predicted octanol–water partition coefficient (Wildman–Crippen LogP) is 3.73. The summed E-state index contributed by atoms with van der Waals surface area (Å²) in [5.41, 5.74) is 0.0878. The van der Waals surface area contributed by atoms with Gasteiger partial charge in [0, 0.05) is 10.7 Å². The van der Waals surface area contributed by atoms with Gasteiger partial charge in [-0.2, -0.15) is 0 Å². The molecule has 0 fully saturated rings. The molecule has 0 bridgehead atoms. The number of hydrogen-bond donors (Lipinski definition) is 0. The smallest absolute Gasteiger partial charge is 0.338 e. The Morgan fingerprint density at radius 3 is 2.52 bits per heavy atom. The number of carbonyl (C=O) groups is 1. The number of ether oxygens (including phenoxy) is 2. The molecule has 0 aliphatic carbocycles. The van der Waals surface area contributed by atoms with Gasteiger partial charge in [0.1, 0.15) is 4.90 Å². The monoisotopic (exact) mass is 398 g/mol. The van der Waals surface area contributed by atoms with Crippen LogP contribution >= 0.6 is 26.6 Å². The molecule has 8 heteroatoms. The lowest BCUT2D eigenvalue weighted by atomic mass is 10.2. The highest BCUT2D eigenvalue weighted by molar-refractivity contribution is 9.10. The Hall–Kier alpha value is -0.790. The zero-order valence-corrected chi connectivity index (χ0v) is 15.0. The van der Waals surface area contributed by atoms with E-state index in [1.165, 1.54) is 13.2 Å². The molecule has 1 aromatic rings. The maximum atomic E-state index is 12.0. The first-order valence-corrected chi connectivity index (χ1v) is 9.34. The minimum atomic E-state index is -4.05. The standard InChI is InChI=1S/C13H16BrClO5S/c1-4-5-8(2)20-13(16)9-6-10(14)12(19-3)11(7-9)21(15,17)18/h6-8H,4-5H2,1-3H3. The van der Waals surface area contributed by atoms with Gasteiger partial charge >= 0.3 is 5.97 Å². The van der Waals surface area contributed by atoms with Gasteiger partial charge in [-0.1, -0.05) is 13.3 Å². The summed E-state index contributed by atoms with van der Waals surface area (Å²) in [4.78, 5) is 11.8. The summed E-state index contributed by atoms with van der Waals surface area (Å²) in [5, 5.41) is 0. The molecule has 0 radical (unpaired) electrons. The predicted molar refractivity (Wildman–Crippen MR) is 83.5 cm³/mol. The maximum Gasteiger partial charge on any atom is 0.338 e. The molecule has 1 unspecified atom stereocenters. The van der Waals surface area contributed by atoms with E-state index in [-0.39, 0.29) is 22.3 Å². The topological polar surface area (TPSA) is 69.7 Å². The third-order valence-electron chi connectivity index (χ3n) is 2.72. The molecule has 0 amide bonds. The average Bonchev–Trinajstić information content (AvgIpc) is 2.36. The summed E-state index contributed by atoms with van der Waals surface area (Å²) in [7, 11) is 2.62. The lowest BCUT2D eigenvalue weighted by molar-refractivity contribution is 0.0323. The molecule has 0 heterocycles. The van der Waals surface area contributed by atoms with Gasteiger partial charge in [0.2, 0.25) is 0 Å². The fraction of sp³-hybridized carbons (Fsp3) is 0.462. The SMILES string of the molecule is CCCC(C)OC(=O)c1cc(Br)c(OC)c(S(=O)(=O)Cl)c1. The van der Waals surface area contributed by atoms with Crippen molar-refractivity contribution in [2.24, 2.45) is 0 Å². The Morgan fingerprint density at radius 2 is 2.05 bits per heavy atom. The molecule has 0 aliphatic rings. The highest BCUT2D eigenvalue weighted by Gasteiger charge is 2.23. The summed E-state index contributed by atoms with van der Waals surface area (Å²) < 4.78 is 33.7. The van der Waals surface area contributed by atoms with Crippen molar-refractivity contribution in [3.8, 4) is 5.75 Å². The van der Waals surface area contributed by atoms with Crippen LogP contribution in [-0.4, -0.2) is 27.6 Å². The summed E-state index contributed by atoms with van der Waals surface area (Å²) in [5.74, 6) is -0.566.